The molecular formula is C19H26N4O. The molecule has 0 bridgehead atoms. The van der Waals surface area contributed by atoms with Crippen LogP contribution in [-0.2, 0) is 24.1 Å². The molecule has 0 saturated carbocycles. The van der Waals surface area contributed by atoms with Crippen LogP contribution in [-0.4, -0.2) is 39.1 Å². The summed E-state index contributed by atoms with van der Waals surface area (Å²) >= 11 is 0. The number of aromatic nitrogens is 3. The molecule has 1 aliphatic heterocycles. The number of carbonyl (C=O) groups excluding carboxylic acids is 1. The third-order valence-corrected chi connectivity index (χ3v) is 4.78. The van der Waals surface area contributed by atoms with Crippen LogP contribution >= 0.6 is 0 Å². The summed E-state index contributed by atoms with van der Waals surface area (Å²) in [5.41, 5.74) is 2.31. The molecule has 24 heavy (non-hydrogen) atoms. The number of amides is 1. The molecule has 0 spiro atoms. The van der Waals surface area contributed by atoms with Gasteiger partial charge in [0.25, 0.3) is 0 Å². The van der Waals surface area contributed by atoms with Crippen molar-refractivity contribution in [2.75, 3.05) is 13.1 Å². The van der Waals surface area contributed by atoms with E-state index >= 15 is 0 Å². The van der Waals surface area contributed by atoms with Crippen molar-refractivity contribution in [1.29, 1.82) is 0 Å². The van der Waals surface area contributed by atoms with Crippen LogP contribution in [0.5, 0.6) is 0 Å². The average molecular weight is 326 g/mol. The highest BCUT2D eigenvalue weighted by Crippen LogP contribution is 2.21. The molecule has 5 nitrogen and oxygen atoms in total. The largest absolute Gasteiger partial charge is 0.342 e. The van der Waals surface area contributed by atoms with Crippen molar-refractivity contribution in [2.45, 2.75) is 46.0 Å². The Balaban J connectivity index is 1.48. The van der Waals surface area contributed by atoms with Gasteiger partial charge in [-0.15, -0.1) is 0 Å². The minimum Gasteiger partial charge on any atom is -0.342 e. The van der Waals surface area contributed by atoms with Gasteiger partial charge < -0.3 is 4.90 Å². The fraction of sp³-hybridized carbons (Fsp3) is 0.526. The number of likely N-dealkylation sites (tertiary alicyclic amines) is 1. The van der Waals surface area contributed by atoms with Crippen molar-refractivity contribution in [1.82, 2.24) is 20.1 Å². The lowest BCUT2D eigenvalue weighted by molar-refractivity contribution is -0.131. The second kappa shape index (κ2) is 7.60. The molecule has 0 radical (unpaired) electrons. The molecule has 1 N–H and O–H groups in total. The van der Waals surface area contributed by atoms with Gasteiger partial charge in [-0.05, 0) is 31.2 Å². The van der Waals surface area contributed by atoms with E-state index in [2.05, 4.69) is 41.2 Å². The molecule has 3 rings (SSSR count). The van der Waals surface area contributed by atoms with Gasteiger partial charge in [-0.3, -0.25) is 9.89 Å². The Morgan fingerprint density at radius 1 is 1.33 bits per heavy atom. The molecule has 0 atom stereocenters. The molecule has 5 heteroatoms. The number of hydrogen-bond donors (Lipinski definition) is 1. The van der Waals surface area contributed by atoms with E-state index in [4.69, 9.17) is 0 Å². The minimum atomic E-state index is 0.243. The van der Waals surface area contributed by atoms with Gasteiger partial charge in [0.05, 0.1) is 6.42 Å². The lowest BCUT2D eigenvalue weighted by Gasteiger charge is -2.31. The monoisotopic (exact) mass is 326 g/mol. The van der Waals surface area contributed by atoms with Gasteiger partial charge in [0.15, 0.2) is 0 Å². The average Bonchev–Trinajstić information content (AvgIpc) is 3.03. The zero-order valence-electron chi connectivity index (χ0n) is 14.6. The van der Waals surface area contributed by atoms with E-state index in [0.29, 0.717) is 12.3 Å². The highest BCUT2D eigenvalue weighted by molar-refractivity contribution is 5.78. The number of rotatable bonds is 5. The van der Waals surface area contributed by atoms with Gasteiger partial charge in [-0.1, -0.05) is 36.8 Å². The van der Waals surface area contributed by atoms with Crippen molar-refractivity contribution in [3.63, 3.8) is 0 Å². The van der Waals surface area contributed by atoms with Crippen molar-refractivity contribution in [3.05, 3.63) is 47.0 Å². The summed E-state index contributed by atoms with van der Waals surface area (Å²) < 4.78 is 0. The Morgan fingerprint density at radius 2 is 2.12 bits per heavy atom. The normalized spacial score (nSPS) is 15.7. The summed E-state index contributed by atoms with van der Waals surface area (Å²) in [6.45, 7) is 5.83. The molecule has 2 heterocycles. The van der Waals surface area contributed by atoms with Crippen LogP contribution in [0.3, 0.4) is 0 Å². The van der Waals surface area contributed by atoms with Crippen LogP contribution in [0.15, 0.2) is 24.3 Å². The molecule has 0 aliphatic carbocycles. The number of piperidine rings is 1. The van der Waals surface area contributed by atoms with E-state index in [1.165, 1.54) is 5.56 Å². The summed E-state index contributed by atoms with van der Waals surface area (Å²) in [5, 5.41) is 7.23. The maximum atomic E-state index is 12.5. The maximum Gasteiger partial charge on any atom is 0.226 e. The molecule has 1 amide bonds. The predicted octanol–water partition coefficient (Wildman–Crippen LogP) is 2.70. The Kier molecular flexibility index (Phi) is 5.28. The topological polar surface area (TPSA) is 61.9 Å². The van der Waals surface area contributed by atoms with Crippen LogP contribution in [0.1, 0.15) is 42.5 Å². The number of H-pyrrole nitrogens is 1. The van der Waals surface area contributed by atoms with E-state index in [-0.39, 0.29) is 5.91 Å². The zero-order chi connectivity index (χ0) is 16.9. The second-order valence-corrected chi connectivity index (χ2v) is 6.75. The standard InChI is InChI=1S/C19H26N4O/c1-3-17-20-18(22-21-17)12-15-7-9-23(10-8-15)19(24)13-16-6-4-5-14(2)11-16/h4-6,11,15H,3,7-10,12-13H2,1-2H3,(H,20,21,22). The number of hydrogen-bond acceptors (Lipinski definition) is 3. The summed E-state index contributed by atoms with van der Waals surface area (Å²) in [4.78, 5) is 19.0. The number of aryl methyl sites for hydroxylation is 2. The number of nitrogens with zero attached hydrogens (tertiary/aromatic N) is 3. The first-order valence-corrected chi connectivity index (χ1v) is 8.87. The van der Waals surface area contributed by atoms with Crippen LogP contribution in [0.4, 0.5) is 0 Å². The van der Waals surface area contributed by atoms with Crippen LogP contribution in [0.25, 0.3) is 0 Å². The maximum absolute atomic E-state index is 12.5. The van der Waals surface area contributed by atoms with Gasteiger partial charge in [0.2, 0.25) is 5.91 Å². The summed E-state index contributed by atoms with van der Waals surface area (Å²) in [6.07, 6.45) is 4.40. The van der Waals surface area contributed by atoms with E-state index in [0.717, 1.165) is 56.0 Å². The minimum absolute atomic E-state index is 0.243. The van der Waals surface area contributed by atoms with Gasteiger partial charge in [-0.2, -0.15) is 5.10 Å². The molecule has 0 unspecified atom stereocenters. The Morgan fingerprint density at radius 3 is 2.79 bits per heavy atom. The second-order valence-electron chi connectivity index (χ2n) is 6.75. The van der Waals surface area contributed by atoms with Crippen molar-refractivity contribution in [2.24, 2.45) is 5.92 Å². The Hall–Kier alpha value is -2.17. The highest BCUT2D eigenvalue weighted by atomic mass is 16.2. The summed E-state index contributed by atoms with van der Waals surface area (Å²) in [7, 11) is 0. The molecule has 128 valence electrons. The molecule has 1 aromatic heterocycles. The Labute approximate surface area is 143 Å². The van der Waals surface area contributed by atoms with Crippen molar-refractivity contribution in [3.8, 4) is 0 Å². The van der Waals surface area contributed by atoms with Crippen LogP contribution < -0.4 is 0 Å². The molecule has 1 aliphatic rings. The number of nitrogens with one attached hydrogen (secondary N) is 1. The number of benzene rings is 1. The van der Waals surface area contributed by atoms with E-state index < -0.39 is 0 Å². The molecule has 1 saturated heterocycles. The van der Waals surface area contributed by atoms with E-state index in [1.807, 2.05) is 17.0 Å². The fourth-order valence-corrected chi connectivity index (χ4v) is 3.35. The third-order valence-electron chi connectivity index (χ3n) is 4.78. The van der Waals surface area contributed by atoms with E-state index in [1.54, 1.807) is 0 Å². The zero-order valence-corrected chi connectivity index (χ0v) is 14.6. The SMILES string of the molecule is CCc1n[nH]c(CC2CCN(C(=O)Cc3cccc(C)c3)CC2)n1. The van der Waals surface area contributed by atoms with E-state index in [9.17, 15) is 4.79 Å². The lowest BCUT2D eigenvalue weighted by atomic mass is 9.93. The van der Waals surface area contributed by atoms with Crippen LogP contribution in [0.2, 0.25) is 0 Å². The van der Waals surface area contributed by atoms with Crippen LogP contribution in [0, 0.1) is 12.8 Å². The highest BCUT2D eigenvalue weighted by Gasteiger charge is 2.23. The van der Waals surface area contributed by atoms with Gasteiger partial charge in [-0.25, -0.2) is 4.98 Å². The van der Waals surface area contributed by atoms with Gasteiger partial charge in [0.1, 0.15) is 11.6 Å². The fourth-order valence-electron chi connectivity index (χ4n) is 3.35. The Bertz CT molecular complexity index is 686. The quantitative estimate of drug-likeness (QED) is 0.919. The number of aromatic amines is 1. The lowest BCUT2D eigenvalue weighted by Crippen LogP contribution is -2.39. The van der Waals surface area contributed by atoms with Crippen molar-refractivity contribution >= 4 is 5.91 Å². The molecular weight excluding hydrogens is 300 g/mol. The first kappa shape index (κ1) is 16.7. The molecule has 2 aromatic rings. The summed E-state index contributed by atoms with van der Waals surface area (Å²) in [5.74, 6) is 2.70. The first-order valence-electron chi connectivity index (χ1n) is 8.87. The first-order chi connectivity index (χ1) is 11.6. The number of carbonyl (C=O) groups is 1. The van der Waals surface area contributed by atoms with Crippen molar-refractivity contribution < 1.29 is 4.79 Å². The van der Waals surface area contributed by atoms with Gasteiger partial charge in [0, 0.05) is 25.9 Å². The van der Waals surface area contributed by atoms with Gasteiger partial charge >= 0.3 is 0 Å². The summed E-state index contributed by atoms with van der Waals surface area (Å²) in [6, 6.07) is 8.21. The molecule has 1 fully saturated rings. The predicted molar refractivity (Wildman–Crippen MR) is 93.7 cm³/mol. The molecule has 1 aromatic carbocycles. The smallest absolute Gasteiger partial charge is 0.226 e. The third kappa shape index (κ3) is 4.22.